The van der Waals surface area contributed by atoms with Crippen molar-refractivity contribution in [1.29, 1.82) is 0 Å². The van der Waals surface area contributed by atoms with Crippen LogP contribution >= 0.6 is 0 Å². The Labute approximate surface area is 111 Å². The van der Waals surface area contributed by atoms with Crippen LogP contribution in [0.3, 0.4) is 0 Å². The number of hydrogen-bond acceptors (Lipinski definition) is 4. The van der Waals surface area contributed by atoms with Gasteiger partial charge in [0.05, 0.1) is 11.3 Å². The molecule has 0 radical (unpaired) electrons. The molecule has 0 unspecified atom stereocenters. The van der Waals surface area contributed by atoms with Crippen molar-refractivity contribution >= 4 is 21.6 Å². The fourth-order valence-corrected chi connectivity index (χ4v) is 2.36. The third-order valence-electron chi connectivity index (χ3n) is 2.26. The van der Waals surface area contributed by atoms with E-state index in [1.54, 1.807) is 6.92 Å². The minimum absolute atomic E-state index is 0.109. The first-order chi connectivity index (χ1) is 8.85. The van der Waals surface area contributed by atoms with E-state index < -0.39 is 21.7 Å². The summed E-state index contributed by atoms with van der Waals surface area (Å²) in [4.78, 5) is 11.6. The number of benzene rings is 1. The van der Waals surface area contributed by atoms with Crippen molar-refractivity contribution in [2.24, 2.45) is 0 Å². The second-order valence-electron chi connectivity index (χ2n) is 3.81. The first-order valence-electron chi connectivity index (χ1n) is 5.66. The quantitative estimate of drug-likeness (QED) is 0.645. The van der Waals surface area contributed by atoms with Crippen LogP contribution in [0.5, 0.6) is 0 Å². The first kappa shape index (κ1) is 15.4. The van der Waals surface area contributed by atoms with Gasteiger partial charge in [0.1, 0.15) is 5.82 Å². The van der Waals surface area contributed by atoms with E-state index in [-0.39, 0.29) is 30.1 Å². The Hall–Kier alpha value is -1.67. The summed E-state index contributed by atoms with van der Waals surface area (Å²) in [5.74, 6) is -1.67. The highest BCUT2D eigenvalue weighted by Crippen LogP contribution is 2.11. The predicted octanol–water partition coefficient (Wildman–Crippen LogP) is 0.0770. The zero-order chi connectivity index (χ0) is 14.5. The van der Waals surface area contributed by atoms with Gasteiger partial charge in [-0.2, -0.15) is 0 Å². The average Bonchev–Trinajstić information content (AvgIpc) is 2.31. The molecule has 8 heteroatoms. The maximum absolute atomic E-state index is 13.4. The van der Waals surface area contributed by atoms with Gasteiger partial charge in [-0.3, -0.25) is 4.79 Å². The number of nitrogen functional groups attached to an aromatic ring is 1. The Morgan fingerprint density at radius 1 is 1.42 bits per heavy atom. The molecule has 0 aliphatic rings. The predicted molar refractivity (Wildman–Crippen MR) is 70.6 cm³/mol. The van der Waals surface area contributed by atoms with E-state index in [0.29, 0.717) is 0 Å². The summed E-state index contributed by atoms with van der Waals surface area (Å²) >= 11 is 0. The normalized spacial score (nSPS) is 11.3. The number of carbonyl (C=O) groups is 1. The lowest BCUT2D eigenvalue weighted by molar-refractivity contribution is 0.0952. The molecule has 0 saturated carbocycles. The number of carbonyl (C=O) groups excluding carboxylic acids is 1. The lowest BCUT2D eigenvalue weighted by Crippen LogP contribution is -2.34. The van der Waals surface area contributed by atoms with Crippen LogP contribution in [0, 0.1) is 5.82 Å². The first-order valence-corrected chi connectivity index (χ1v) is 7.31. The van der Waals surface area contributed by atoms with Gasteiger partial charge in [0.25, 0.3) is 5.91 Å². The minimum Gasteiger partial charge on any atom is -0.399 e. The second kappa shape index (κ2) is 6.48. The number of anilines is 1. The summed E-state index contributed by atoms with van der Waals surface area (Å²) in [5, 5.41) is 2.33. The van der Waals surface area contributed by atoms with Crippen molar-refractivity contribution in [3.63, 3.8) is 0 Å². The van der Waals surface area contributed by atoms with Crippen LogP contribution in [0.1, 0.15) is 17.3 Å². The van der Waals surface area contributed by atoms with Crippen LogP contribution in [0.25, 0.3) is 0 Å². The second-order valence-corrected chi connectivity index (χ2v) is 5.74. The Balaban J connectivity index is 2.59. The molecule has 0 bridgehead atoms. The third kappa shape index (κ3) is 4.84. The number of hydrogen-bond donors (Lipinski definition) is 3. The number of nitrogens with two attached hydrogens (primary N) is 1. The molecule has 4 N–H and O–H groups in total. The van der Waals surface area contributed by atoms with E-state index in [4.69, 9.17) is 5.73 Å². The molecule has 0 aliphatic carbocycles. The standard InChI is InChI=1S/C11H16FN3O3S/c1-2-15-19(17,18)6-5-14-11(16)9-7-8(13)3-4-10(9)12/h3-4,7,15H,2,5-6,13H2,1H3,(H,14,16). The van der Waals surface area contributed by atoms with Gasteiger partial charge in [-0.05, 0) is 18.2 Å². The van der Waals surface area contributed by atoms with E-state index in [9.17, 15) is 17.6 Å². The zero-order valence-electron chi connectivity index (χ0n) is 10.4. The van der Waals surface area contributed by atoms with E-state index in [1.165, 1.54) is 12.1 Å². The molecule has 0 aromatic heterocycles. The van der Waals surface area contributed by atoms with E-state index in [2.05, 4.69) is 10.0 Å². The lowest BCUT2D eigenvalue weighted by atomic mass is 10.2. The molecular weight excluding hydrogens is 273 g/mol. The Morgan fingerprint density at radius 3 is 2.74 bits per heavy atom. The highest BCUT2D eigenvalue weighted by molar-refractivity contribution is 7.89. The summed E-state index contributed by atoms with van der Waals surface area (Å²) in [6.07, 6.45) is 0. The molecular formula is C11H16FN3O3S. The molecule has 0 spiro atoms. The average molecular weight is 289 g/mol. The fourth-order valence-electron chi connectivity index (χ4n) is 1.40. The smallest absolute Gasteiger partial charge is 0.254 e. The maximum Gasteiger partial charge on any atom is 0.254 e. The van der Waals surface area contributed by atoms with Crippen LogP contribution in [-0.4, -0.2) is 33.2 Å². The Bertz CT molecular complexity index is 560. The summed E-state index contributed by atoms with van der Waals surface area (Å²) in [7, 11) is -3.41. The van der Waals surface area contributed by atoms with Crippen molar-refractivity contribution in [2.75, 3.05) is 24.6 Å². The van der Waals surface area contributed by atoms with Gasteiger partial charge in [-0.1, -0.05) is 6.92 Å². The maximum atomic E-state index is 13.4. The Kier molecular flexibility index (Phi) is 5.25. The van der Waals surface area contributed by atoms with Crippen molar-refractivity contribution in [3.8, 4) is 0 Å². The third-order valence-corrected chi connectivity index (χ3v) is 3.73. The van der Waals surface area contributed by atoms with Gasteiger partial charge >= 0.3 is 0 Å². The van der Waals surface area contributed by atoms with Crippen molar-refractivity contribution in [2.45, 2.75) is 6.92 Å². The molecule has 1 amide bonds. The van der Waals surface area contributed by atoms with E-state index in [1.807, 2.05) is 0 Å². The van der Waals surface area contributed by atoms with E-state index in [0.717, 1.165) is 6.07 Å². The van der Waals surface area contributed by atoms with Gasteiger partial charge in [0.2, 0.25) is 10.0 Å². The molecule has 0 heterocycles. The van der Waals surface area contributed by atoms with Gasteiger partial charge in [0.15, 0.2) is 0 Å². The zero-order valence-corrected chi connectivity index (χ0v) is 11.3. The highest BCUT2D eigenvalue weighted by Gasteiger charge is 2.13. The molecule has 106 valence electrons. The number of amides is 1. The monoisotopic (exact) mass is 289 g/mol. The van der Waals surface area contributed by atoms with Crippen LogP contribution in [0.15, 0.2) is 18.2 Å². The van der Waals surface area contributed by atoms with Crippen LogP contribution < -0.4 is 15.8 Å². The van der Waals surface area contributed by atoms with Crippen LogP contribution in [-0.2, 0) is 10.0 Å². The SMILES string of the molecule is CCNS(=O)(=O)CCNC(=O)c1cc(N)ccc1F. The summed E-state index contributed by atoms with van der Waals surface area (Å²) in [6, 6.07) is 3.62. The van der Waals surface area contributed by atoms with Gasteiger partial charge in [-0.25, -0.2) is 17.5 Å². The molecule has 0 saturated heterocycles. The van der Waals surface area contributed by atoms with Crippen molar-refractivity contribution in [3.05, 3.63) is 29.6 Å². The molecule has 1 rings (SSSR count). The molecule has 0 aliphatic heterocycles. The summed E-state index contributed by atoms with van der Waals surface area (Å²) in [6.45, 7) is 1.82. The van der Waals surface area contributed by atoms with Crippen LogP contribution in [0.2, 0.25) is 0 Å². The number of sulfonamides is 1. The van der Waals surface area contributed by atoms with Gasteiger partial charge in [-0.15, -0.1) is 0 Å². The fraction of sp³-hybridized carbons (Fsp3) is 0.364. The topological polar surface area (TPSA) is 101 Å². The minimum atomic E-state index is -3.41. The van der Waals surface area contributed by atoms with Gasteiger partial charge in [0, 0.05) is 18.8 Å². The molecule has 0 atom stereocenters. The molecule has 6 nitrogen and oxygen atoms in total. The molecule has 1 aromatic carbocycles. The lowest BCUT2D eigenvalue weighted by Gasteiger charge is -2.07. The number of nitrogens with one attached hydrogen (secondary N) is 2. The van der Waals surface area contributed by atoms with Crippen molar-refractivity contribution in [1.82, 2.24) is 10.0 Å². The number of rotatable bonds is 6. The van der Waals surface area contributed by atoms with E-state index >= 15 is 0 Å². The van der Waals surface area contributed by atoms with Crippen molar-refractivity contribution < 1.29 is 17.6 Å². The largest absolute Gasteiger partial charge is 0.399 e. The van der Waals surface area contributed by atoms with Crippen LogP contribution in [0.4, 0.5) is 10.1 Å². The summed E-state index contributed by atoms with van der Waals surface area (Å²) in [5.41, 5.74) is 5.50. The highest BCUT2D eigenvalue weighted by atomic mass is 32.2. The molecule has 19 heavy (non-hydrogen) atoms. The van der Waals surface area contributed by atoms with Gasteiger partial charge < -0.3 is 11.1 Å². The number of halogens is 1. The summed E-state index contributed by atoms with van der Waals surface area (Å²) < 4.78 is 38.3. The molecule has 1 aromatic rings. The molecule has 0 fully saturated rings. The Morgan fingerprint density at radius 2 is 2.11 bits per heavy atom.